The summed E-state index contributed by atoms with van der Waals surface area (Å²) in [4.78, 5) is 28.4. The van der Waals surface area contributed by atoms with E-state index in [1.807, 2.05) is 89.5 Å². The van der Waals surface area contributed by atoms with Crippen LogP contribution in [0.5, 0.6) is 23.0 Å². The van der Waals surface area contributed by atoms with E-state index in [0.717, 1.165) is 16.7 Å². The maximum atomic E-state index is 14.2. The van der Waals surface area contributed by atoms with E-state index in [1.165, 1.54) is 0 Å². The number of carbonyl (C=O) groups excluding carboxylic acids is 2. The lowest BCUT2D eigenvalue weighted by molar-refractivity contribution is 0.0481. The van der Waals surface area contributed by atoms with Gasteiger partial charge in [-0.3, -0.25) is 0 Å². The second kappa shape index (κ2) is 18.2. The van der Waals surface area contributed by atoms with Crippen LogP contribution in [0.3, 0.4) is 0 Å². The molecule has 0 unspecified atom stereocenters. The van der Waals surface area contributed by atoms with E-state index >= 15 is 0 Å². The quantitative estimate of drug-likeness (QED) is 0.0901. The zero-order valence-corrected chi connectivity index (χ0v) is 31.9. The van der Waals surface area contributed by atoms with Crippen LogP contribution in [0.1, 0.15) is 51.3 Å². The predicted molar refractivity (Wildman–Crippen MR) is 212 cm³/mol. The van der Waals surface area contributed by atoms with Crippen molar-refractivity contribution in [3.63, 3.8) is 0 Å². The lowest BCUT2D eigenvalue weighted by Gasteiger charge is -2.18. The number of esters is 2. The molecule has 10 heteroatoms. The molecular weight excluding hydrogens is 718 g/mol. The molecule has 0 saturated carbocycles. The van der Waals surface area contributed by atoms with E-state index in [0.29, 0.717) is 63.7 Å². The summed E-state index contributed by atoms with van der Waals surface area (Å²) in [5.41, 5.74) is 4.93. The highest BCUT2D eigenvalue weighted by atomic mass is 35.5. The highest BCUT2D eigenvalue weighted by Crippen LogP contribution is 2.44. The molecule has 0 bridgehead atoms. The average Bonchev–Trinajstić information content (AvgIpc) is 3.55. The maximum absolute atomic E-state index is 14.2. The van der Waals surface area contributed by atoms with Crippen LogP contribution in [-0.2, 0) is 29.2 Å². The minimum Gasteiger partial charge on any atom is -0.493 e. The third kappa shape index (κ3) is 8.96. The smallest absolute Gasteiger partial charge is 0.341 e. The third-order valence-corrected chi connectivity index (χ3v) is 9.08. The Morgan fingerprint density at radius 1 is 0.545 bits per heavy atom. The summed E-state index contributed by atoms with van der Waals surface area (Å²) < 4.78 is 37.3. The molecule has 0 aliphatic rings. The fraction of sp³-hybridized carbons (Fsp3) is 0.200. The van der Waals surface area contributed by atoms with Gasteiger partial charge in [-0.2, -0.15) is 0 Å². The molecule has 6 aromatic rings. The lowest BCUT2D eigenvalue weighted by atomic mass is 10.0. The minimum absolute atomic E-state index is 0.0487. The number of benzene rings is 5. The summed E-state index contributed by atoms with van der Waals surface area (Å²) >= 11 is 6.30. The largest absolute Gasteiger partial charge is 0.493 e. The van der Waals surface area contributed by atoms with Gasteiger partial charge >= 0.3 is 11.9 Å². The number of aromatic nitrogens is 1. The number of nitrogens with zero attached hydrogens (tertiary/aromatic N) is 1. The highest BCUT2D eigenvalue weighted by Gasteiger charge is 2.35. The molecular formula is C45H42ClNO8. The molecule has 9 nitrogen and oxygen atoms in total. The second-order valence-corrected chi connectivity index (χ2v) is 12.8. The first-order chi connectivity index (χ1) is 26.8. The number of halogens is 1. The molecule has 0 radical (unpaired) electrons. The summed E-state index contributed by atoms with van der Waals surface area (Å²) in [6.07, 6.45) is 0. The van der Waals surface area contributed by atoms with E-state index in [2.05, 4.69) is 0 Å². The molecule has 0 amide bonds. The molecule has 55 heavy (non-hydrogen) atoms. The molecule has 0 aliphatic heterocycles. The first kappa shape index (κ1) is 38.5. The first-order valence-corrected chi connectivity index (χ1v) is 18.3. The number of carbonyl (C=O) groups is 2. The van der Waals surface area contributed by atoms with E-state index in [1.54, 1.807) is 64.5 Å². The van der Waals surface area contributed by atoms with E-state index < -0.39 is 11.9 Å². The van der Waals surface area contributed by atoms with Gasteiger partial charge in [0.15, 0.2) is 23.0 Å². The van der Waals surface area contributed by atoms with Crippen molar-refractivity contribution in [2.45, 2.75) is 33.6 Å². The van der Waals surface area contributed by atoms with Crippen LogP contribution in [0.25, 0.3) is 22.5 Å². The molecule has 0 saturated heterocycles. The van der Waals surface area contributed by atoms with Crippen molar-refractivity contribution in [3.8, 4) is 45.5 Å². The van der Waals surface area contributed by atoms with Crippen molar-refractivity contribution < 1.29 is 38.0 Å². The van der Waals surface area contributed by atoms with Gasteiger partial charge in [-0.05, 0) is 79.1 Å². The fourth-order valence-electron chi connectivity index (χ4n) is 6.29. The molecule has 6 rings (SSSR count). The molecule has 0 N–H and O–H groups in total. The molecule has 282 valence electrons. The SMILES string of the molecule is CCOC(=O)c1c(C(=O)OCC)c(-c2ccc(OCc3ccccc3)c(OC)c2)n(Cc2ccc(Cl)cc2)c1-c1ccc(OCc2ccccc2)c(OC)c1. The van der Waals surface area contributed by atoms with Crippen LogP contribution < -0.4 is 18.9 Å². The average molecular weight is 760 g/mol. The Hall–Kier alpha value is -6.19. The van der Waals surface area contributed by atoms with Gasteiger partial charge in [0.2, 0.25) is 0 Å². The lowest BCUT2D eigenvalue weighted by Crippen LogP contribution is -2.14. The van der Waals surface area contributed by atoms with Crippen LogP contribution >= 0.6 is 11.6 Å². The topological polar surface area (TPSA) is 94.5 Å². The van der Waals surface area contributed by atoms with Crippen molar-refractivity contribution >= 4 is 23.5 Å². The Morgan fingerprint density at radius 2 is 0.982 bits per heavy atom. The summed E-state index contributed by atoms with van der Waals surface area (Å²) in [7, 11) is 3.10. The summed E-state index contributed by atoms with van der Waals surface area (Å²) in [5, 5.41) is 0.572. The van der Waals surface area contributed by atoms with Crippen LogP contribution in [0.15, 0.2) is 121 Å². The Bertz CT molecular complexity index is 2100. The Kier molecular flexibility index (Phi) is 12.8. The van der Waals surface area contributed by atoms with Gasteiger partial charge in [-0.15, -0.1) is 0 Å². The Balaban J connectivity index is 1.58. The van der Waals surface area contributed by atoms with Crippen LogP contribution in [0.2, 0.25) is 5.02 Å². The van der Waals surface area contributed by atoms with Gasteiger partial charge in [-0.25, -0.2) is 9.59 Å². The van der Waals surface area contributed by atoms with Crippen LogP contribution in [0, 0.1) is 0 Å². The monoisotopic (exact) mass is 759 g/mol. The zero-order chi connectivity index (χ0) is 38.7. The Morgan fingerprint density at radius 3 is 1.38 bits per heavy atom. The van der Waals surface area contributed by atoms with E-state index in [-0.39, 0.29) is 30.9 Å². The summed E-state index contributed by atoms with van der Waals surface area (Å²) in [6.45, 7) is 4.46. The molecule has 1 heterocycles. The van der Waals surface area contributed by atoms with E-state index in [4.69, 9.17) is 40.0 Å². The van der Waals surface area contributed by atoms with E-state index in [9.17, 15) is 9.59 Å². The predicted octanol–water partition coefficient (Wildman–Crippen LogP) is 10.1. The number of hydrogen-bond donors (Lipinski definition) is 0. The minimum atomic E-state index is -0.685. The normalized spacial score (nSPS) is 10.8. The second-order valence-electron chi connectivity index (χ2n) is 12.4. The zero-order valence-electron chi connectivity index (χ0n) is 31.2. The molecule has 0 fully saturated rings. The standard InChI is InChI=1S/C45H42ClNO8/c1-5-52-44(48)40-41(45(49)53-6-2)43(34-20-24-37(39(26-34)51-4)55-29-32-15-11-8-12-16-32)47(27-30-17-21-35(46)22-18-30)42(40)33-19-23-36(38(25-33)50-3)54-28-31-13-9-7-10-14-31/h7-26H,5-6,27-29H2,1-4H3. The van der Waals surface area contributed by atoms with Gasteiger partial charge in [0.05, 0.1) is 38.8 Å². The number of rotatable bonds is 16. The molecule has 0 spiro atoms. The fourth-order valence-corrected chi connectivity index (χ4v) is 6.42. The molecule has 0 atom stereocenters. The molecule has 0 aliphatic carbocycles. The first-order valence-electron chi connectivity index (χ1n) is 17.9. The number of hydrogen-bond acceptors (Lipinski definition) is 8. The van der Waals surface area contributed by atoms with Gasteiger partial charge in [0, 0.05) is 22.7 Å². The highest BCUT2D eigenvalue weighted by molar-refractivity contribution is 6.30. The summed E-state index contributed by atoms with van der Waals surface area (Å²) in [6, 6.07) is 37.8. The maximum Gasteiger partial charge on any atom is 0.341 e. The number of methoxy groups -OCH3 is 2. The van der Waals surface area contributed by atoms with Gasteiger partial charge in [0.1, 0.15) is 24.3 Å². The van der Waals surface area contributed by atoms with Crippen LogP contribution in [-0.4, -0.2) is 43.9 Å². The summed E-state index contributed by atoms with van der Waals surface area (Å²) in [5.74, 6) is 0.506. The van der Waals surface area contributed by atoms with Crippen molar-refractivity contribution in [1.82, 2.24) is 4.57 Å². The molecule has 5 aromatic carbocycles. The van der Waals surface area contributed by atoms with Crippen molar-refractivity contribution in [3.05, 3.63) is 154 Å². The van der Waals surface area contributed by atoms with Crippen molar-refractivity contribution in [2.24, 2.45) is 0 Å². The third-order valence-electron chi connectivity index (χ3n) is 8.82. The van der Waals surface area contributed by atoms with Crippen molar-refractivity contribution in [2.75, 3.05) is 27.4 Å². The van der Waals surface area contributed by atoms with Crippen LogP contribution in [0.4, 0.5) is 0 Å². The van der Waals surface area contributed by atoms with Gasteiger partial charge < -0.3 is 33.0 Å². The molecule has 1 aromatic heterocycles. The number of ether oxygens (including phenoxy) is 6. The van der Waals surface area contributed by atoms with Crippen molar-refractivity contribution in [1.29, 1.82) is 0 Å². The van der Waals surface area contributed by atoms with Gasteiger partial charge in [-0.1, -0.05) is 84.4 Å². The Labute approximate surface area is 325 Å². The van der Waals surface area contributed by atoms with Gasteiger partial charge in [0.25, 0.3) is 0 Å².